The SMILES string of the molecule is CC(Cc1c(F)cccc1F)NC(=O)CN1CCCCC1CCO. The monoisotopic (exact) mass is 340 g/mol. The Morgan fingerprint density at radius 2 is 2.08 bits per heavy atom. The topological polar surface area (TPSA) is 52.6 Å². The molecule has 0 saturated carbocycles. The van der Waals surface area contributed by atoms with Gasteiger partial charge in [0.2, 0.25) is 5.91 Å². The number of rotatable bonds is 7. The molecule has 1 heterocycles. The molecule has 1 fully saturated rings. The maximum absolute atomic E-state index is 13.7. The lowest BCUT2D eigenvalue weighted by Crippen LogP contribution is -2.47. The number of nitrogens with zero attached hydrogens (tertiary/aromatic N) is 1. The first-order valence-corrected chi connectivity index (χ1v) is 8.58. The lowest BCUT2D eigenvalue weighted by molar-refractivity contribution is -0.123. The number of aliphatic hydroxyl groups excluding tert-OH is 1. The number of hydrogen-bond donors (Lipinski definition) is 2. The van der Waals surface area contributed by atoms with Gasteiger partial charge in [-0.2, -0.15) is 0 Å². The number of nitrogens with one attached hydrogen (secondary N) is 1. The Balaban J connectivity index is 1.87. The van der Waals surface area contributed by atoms with Crippen LogP contribution in [0.1, 0.15) is 38.2 Å². The van der Waals surface area contributed by atoms with Gasteiger partial charge < -0.3 is 10.4 Å². The second-order valence-electron chi connectivity index (χ2n) is 6.51. The largest absolute Gasteiger partial charge is 0.396 e. The lowest BCUT2D eigenvalue weighted by Gasteiger charge is -2.35. The number of hydrogen-bond acceptors (Lipinski definition) is 3. The average Bonchev–Trinajstić information content (AvgIpc) is 2.53. The van der Waals surface area contributed by atoms with Crippen molar-refractivity contribution in [3.05, 3.63) is 35.4 Å². The quantitative estimate of drug-likeness (QED) is 0.800. The molecule has 1 aromatic carbocycles. The van der Waals surface area contributed by atoms with E-state index in [4.69, 9.17) is 5.11 Å². The Bertz CT molecular complexity index is 532. The number of piperidine rings is 1. The predicted molar refractivity (Wildman–Crippen MR) is 88.6 cm³/mol. The third kappa shape index (κ3) is 5.24. The highest BCUT2D eigenvalue weighted by Crippen LogP contribution is 2.19. The standard InChI is InChI=1S/C18H26F2N2O2/c1-13(11-15-16(19)6-4-7-17(15)20)21-18(24)12-22-9-3-2-5-14(22)8-10-23/h4,6-7,13-14,23H,2-3,5,8-12H2,1H3,(H,21,24). The molecule has 6 heteroatoms. The van der Waals surface area contributed by atoms with Crippen molar-refractivity contribution in [3.8, 4) is 0 Å². The van der Waals surface area contributed by atoms with Gasteiger partial charge in [0, 0.05) is 24.3 Å². The van der Waals surface area contributed by atoms with Crippen molar-refractivity contribution in [2.75, 3.05) is 19.7 Å². The molecule has 1 saturated heterocycles. The van der Waals surface area contributed by atoms with Crippen molar-refractivity contribution >= 4 is 5.91 Å². The molecule has 0 aromatic heterocycles. The molecule has 134 valence electrons. The zero-order chi connectivity index (χ0) is 17.5. The first kappa shape index (κ1) is 18.8. The number of carbonyl (C=O) groups is 1. The minimum Gasteiger partial charge on any atom is -0.396 e. The number of aliphatic hydroxyl groups is 1. The highest BCUT2D eigenvalue weighted by Gasteiger charge is 2.24. The van der Waals surface area contributed by atoms with E-state index in [1.807, 2.05) is 0 Å². The zero-order valence-electron chi connectivity index (χ0n) is 14.1. The van der Waals surface area contributed by atoms with Gasteiger partial charge in [-0.15, -0.1) is 0 Å². The minimum atomic E-state index is -0.588. The lowest BCUT2D eigenvalue weighted by atomic mass is 9.99. The summed E-state index contributed by atoms with van der Waals surface area (Å²) in [6.07, 6.45) is 3.94. The first-order valence-electron chi connectivity index (χ1n) is 8.58. The Morgan fingerprint density at radius 3 is 2.75 bits per heavy atom. The summed E-state index contributed by atoms with van der Waals surface area (Å²) >= 11 is 0. The van der Waals surface area contributed by atoms with Crippen molar-refractivity contribution in [1.82, 2.24) is 10.2 Å². The highest BCUT2D eigenvalue weighted by molar-refractivity contribution is 5.78. The summed E-state index contributed by atoms with van der Waals surface area (Å²) < 4.78 is 27.3. The van der Waals surface area contributed by atoms with Crippen LogP contribution in [-0.2, 0) is 11.2 Å². The molecule has 0 radical (unpaired) electrons. The molecule has 1 aliphatic heterocycles. The van der Waals surface area contributed by atoms with Crippen LogP contribution in [0, 0.1) is 11.6 Å². The van der Waals surface area contributed by atoms with Crippen LogP contribution in [0.3, 0.4) is 0 Å². The number of amides is 1. The maximum Gasteiger partial charge on any atom is 0.234 e. The third-order valence-electron chi connectivity index (χ3n) is 4.54. The van der Waals surface area contributed by atoms with Crippen LogP contribution >= 0.6 is 0 Å². The Labute approximate surface area is 141 Å². The second-order valence-corrected chi connectivity index (χ2v) is 6.51. The smallest absolute Gasteiger partial charge is 0.234 e. The van der Waals surface area contributed by atoms with Gasteiger partial charge in [0.05, 0.1) is 6.54 Å². The van der Waals surface area contributed by atoms with E-state index in [0.717, 1.165) is 25.8 Å². The van der Waals surface area contributed by atoms with Crippen molar-refractivity contribution < 1.29 is 18.7 Å². The van der Waals surface area contributed by atoms with Gasteiger partial charge in [-0.05, 0) is 51.3 Å². The molecule has 0 aliphatic carbocycles. The summed E-state index contributed by atoms with van der Waals surface area (Å²) in [5.41, 5.74) is 0.00132. The van der Waals surface area contributed by atoms with Crippen molar-refractivity contribution in [3.63, 3.8) is 0 Å². The fourth-order valence-electron chi connectivity index (χ4n) is 3.33. The molecular formula is C18H26F2N2O2. The molecule has 24 heavy (non-hydrogen) atoms. The maximum atomic E-state index is 13.7. The molecule has 1 aromatic rings. The van der Waals surface area contributed by atoms with Gasteiger partial charge in [0.1, 0.15) is 11.6 Å². The third-order valence-corrected chi connectivity index (χ3v) is 4.54. The van der Waals surface area contributed by atoms with Crippen LogP contribution < -0.4 is 5.32 Å². The number of carbonyl (C=O) groups excluding carboxylic acids is 1. The molecule has 2 N–H and O–H groups in total. The Kier molecular flexibility index (Phi) is 7.12. The second kappa shape index (κ2) is 9.08. The minimum absolute atomic E-state index is 0.00132. The van der Waals surface area contributed by atoms with E-state index in [0.29, 0.717) is 6.42 Å². The van der Waals surface area contributed by atoms with Crippen molar-refractivity contribution in [2.45, 2.75) is 51.1 Å². The number of halogens is 2. The van der Waals surface area contributed by atoms with E-state index in [1.165, 1.54) is 18.2 Å². The fourth-order valence-corrected chi connectivity index (χ4v) is 3.33. The summed E-state index contributed by atoms with van der Waals surface area (Å²) in [6.45, 7) is 2.96. The molecule has 2 unspecified atom stereocenters. The number of likely N-dealkylation sites (tertiary alicyclic amines) is 1. The van der Waals surface area contributed by atoms with Crippen LogP contribution in [0.5, 0.6) is 0 Å². The molecule has 1 amide bonds. The molecule has 2 rings (SSSR count). The van der Waals surface area contributed by atoms with Crippen LogP contribution in [0.15, 0.2) is 18.2 Å². The molecule has 0 spiro atoms. The predicted octanol–water partition coefficient (Wildman–Crippen LogP) is 2.25. The van der Waals surface area contributed by atoms with Gasteiger partial charge in [0.15, 0.2) is 0 Å². The zero-order valence-corrected chi connectivity index (χ0v) is 14.1. The van der Waals surface area contributed by atoms with Crippen LogP contribution in [-0.4, -0.2) is 47.7 Å². The summed E-state index contributed by atoms with van der Waals surface area (Å²) in [5, 5.41) is 12.0. The molecule has 4 nitrogen and oxygen atoms in total. The highest BCUT2D eigenvalue weighted by atomic mass is 19.1. The van der Waals surface area contributed by atoms with Gasteiger partial charge >= 0.3 is 0 Å². The van der Waals surface area contributed by atoms with Gasteiger partial charge in [0.25, 0.3) is 0 Å². The van der Waals surface area contributed by atoms with Gasteiger partial charge in [-0.1, -0.05) is 12.5 Å². The molecule has 2 atom stereocenters. The van der Waals surface area contributed by atoms with E-state index in [9.17, 15) is 13.6 Å². The van der Waals surface area contributed by atoms with E-state index < -0.39 is 11.6 Å². The van der Waals surface area contributed by atoms with Crippen molar-refractivity contribution in [1.29, 1.82) is 0 Å². The van der Waals surface area contributed by atoms with Crippen LogP contribution in [0.4, 0.5) is 8.78 Å². The summed E-state index contributed by atoms with van der Waals surface area (Å²) in [4.78, 5) is 14.3. The van der Waals surface area contributed by atoms with E-state index in [-0.39, 0.29) is 43.1 Å². The molecule has 1 aliphatic rings. The van der Waals surface area contributed by atoms with Gasteiger partial charge in [-0.3, -0.25) is 9.69 Å². The van der Waals surface area contributed by atoms with Crippen LogP contribution in [0.2, 0.25) is 0 Å². The van der Waals surface area contributed by atoms with E-state index in [2.05, 4.69) is 10.2 Å². The molecular weight excluding hydrogens is 314 g/mol. The summed E-state index contributed by atoms with van der Waals surface area (Å²) in [6, 6.07) is 3.65. The Hall–Kier alpha value is -1.53. The van der Waals surface area contributed by atoms with E-state index in [1.54, 1.807) is 6.92 Å². The van der Waals surface area contributed by atoms with Gasteiger partial charge in [-0.25, -0.2) is 8.78 Å². The number of benzene rings is 1. The van der Waals surface area contributed by atoms with E-state index >= 15 is 0 Å². The molecule has 0 bridgehead atoms. The summed E-state index contributed by atoms with van der Waals surface area (Å²) in [5.74, 6) is -1.32. The first-order chi connectivity index (χ1) is 11.5. The fraction of sp³-hybridized carbons (Fsp3) is 0.611. The average molecular weight is 340 g/mol. The van der Waals surface area contributed by atoms with Crippen molar-refractivity contribution in [2.24, 2.45) is 0 Å². The Morgan fingerprint density at radius 1 is 1.38 bits per heavy atom. The summed E-state index contributed by atoms with van der Waals surface area (Å²) in [7, 11) is 0. The van der Waals surface area contributed by atoms with Crippen LogP contribution in [0.25, 0.3) is 0 Å². The normalized spacial score (nSPS) is 19.9.